The predicted octanol–water partition coefficient (Wildman–Crippen LogP) is 2.99. The molecule has 1 aromatic heterocycles. The summed E-state index contributed by atoms with van der Waals surface area (Å²) in [6.07, 6.45) is -1.92. The fourth-order valence-corrected chi connectivity index (χ4v) is 5.61. The molecule has 37 heavy (non-hydrogen) atoms. The van der Waals surface area contributed by atoms with Gasteiger partial charge in [-0.3, -0.25) is 14.3 Å². The van der Waals surface area contributed by atoms with Gasteiger partial charge in [0.25, 0.3) is 5.91 Å². The molecule has 2 fully saturated rings. The summed E-state index contributed by atoms with van der Waals surface area (Å²) in [7, 11) is 0. The fourth-order valence-electron chi connectivity index (χ4n) is 5.61. The molecule has 2 aromatic rings. The van der Waals surface area contributed by atoms with E-state index in [-0.39, 0.29) is 30.6 Å². The smallest absolute Gasteiger partial charge is 0.372 e. The highest BCUT2D eigenvalue weighted by molar-refractivity contribution is 5.94. The van der Waals surface area contributed by atoms with Gasteiger partial charge in [-0.05, 0) is 57.4 Å². The lowest BCUT2D eigenvalue weighted by molar-refractivity contribution is -0.137. The minimum absolute atomic E-state index is 0.0364. The molecule has 0 bridgehead atoms. The third kappa shape index (κ3) is 5.32. The molecule has 11 heteroatoms. The number of hydrogen-bond donors (Lipinski definition) is 0. The Labute approximate surface area is 213 Å². The fraction of sp³-hybridized carbons (Fsp3) is 0.577. The summed E-state index contributed by atoms with van der Waals surface area (Å²) in [5, 5.41) is 4.62. The van der Waals surface area contributed by atoms with E-state index in [1.54, 1.807) is 14.5 Å². The van der Waals surface area contributed by atoms with Crippen molar-refractivity contribution in [3.8, 4) is 0 Å². The molecule has 0 unspecified atom stereocenters. The van der Waals surface area contributed by atoms with Gasteiger partial charge < -0.3 is 19.4 Å². The third-order valence-corrected chi connectivity index (χ3v) is 7.39. The number of carbonyl (C=O) groups excluding carboxylic acids is 2. The molecular formula is C26H32F3N5O3. The van der Waals surface area contributed by atoms with Gasteiger partial charge in [0, 0.05) is 56.2 Å². The number of amides is 2. The average molecular weight is 520 g/mol. The van der Waals surface area contributed by atoms with Crippen LogP contribution in [0.2, 0.25) is 0 Å². The average Bonchev–Trinajstić information content (AvgIpc) is 3.46. The molecule has 3 heterocycles. The van der Waals surface area contributed by atoms with Crippen molar-refractivity contribution in [2.24, 2.45) is 0 Å². The maximum Gasteiger partial charge on any atom is 0.416 e. The number of halogens is 3. The maximum atomic E-state index is 13.3. The number of benzene rings is 1. The highest BCUT2D eigenvalue weighted by Crippen LogP contribution is 2.31. The van der Waals surface area contributed by atoms with Crippen LogP contribution in [0.4, 0.5) is 18.9 Å². The van der Waals surface area contributed by atoms with Crippen LogP contribution in [-0.2, 0) is 35.1 Å². The molecule has 5 rings (SSSR count). The Bertz CT molecular complexity index is 1150. The first-order chi connectivity index (χ1) is 17.6. The maximum absolute atomic E-state index is 13.3. The monoisotopic (exact) mass is 519 g/mol. The Kier molecular flexibility index (Phi) is 6.91. The molecule has 2 saturated heterocycles. The van der Waals surface area contributed by atoms with Gasteiger partial charge in [0.2, 0.25) is 5.91 Å². The van der Waals surface area contributed by atoms with E-state index >= 15 is 0 Å². The van der Waals surface area contributed by atoms with Crippen molar-refractivity contribution in [1.82, 2.24) is 19.6 Å². The Morgan fingerprint density at radius 2 is 1.62 bits per heavy atom. The van der Waals surface area contributed by atoms with E-state index in [1.807, 2.05) is 18.7 Å². The first-order valence-electron chi connectivity index (χ1n) is 12.8. The Morgan fingerprint density at radius 3 is 2.24 bits per heavy atom. The van der Waals surface area contributed by atoms with Crippen LogP contribution in [0, 0.1) is 0 Å². The molecule has 0 saturated carbocycles. The number of nitrogens with zero attached hydrogens (tertiary/aromatic N) is 5. The number of rotatable bonds is 4. The van der Waals surface area contributed by atoms with Gasteiger partial charge in [0.15, 0.2) is 5.69 Å². The van der Waals surface area contributed by atoms with Crippen LogP contribution in [-0.4, -0.2) is 82.9 Å². The second-order valence-corrected chi connectivity index (χ2v) is 10.2. The van der Waals surface area contributed by atoms with Crippen molar-refractivity contribution in [3.05, 3.63) is 46.8 Å². The summed E-state index contributed by atoms with van der Waals surface area (Å²) in [5.41, 5.74) is 2.41. The van der Waals surface area contributed by atoms with Crippen LogP contribution in [0.5, 0.6) is 0 Å². The van der Waals surface area contributed by atoms with Gasteiger partial charge in [-0.15, -0.1) is 0 Å². The third-order valence-electron chi connectivity index (χ3n) is 7.39. The van der Waals surface area contributed by atoms with Gasteiger partial charge in [-0.25, -0.2) is 0 Å². The highest BCUT2D eigenvalue weighted by atomic mass is 19.4. The number of aromatic nitrogens is 2. The molecule has 0 radical (unpaired) electrons. The predicted molar refractivity (Wildman–Crippen MR) is 130 cm³/mol. The number of anilines is 1. The minimum atomic E-state index is -4.36. The molecule has 2 aliphatic heterocycles. The zero-order valence-electron chi connectivity index (χ0n) is 21.1. The Hall–Kier alpha value is -3.08. The van der Waals surface area contributed by atoms with Crippen molar-refractivity contribution < 1.29 is 27.5 Å². The van der Waals surface area contributed by atoms with Crippen LogP contribution in [0.25, 0.3) is 0 Å². The number of fused-ring (bicyclic) bond motifs is 1. The highest BCUT2D eigenvalue weighted by Gasteiger charge is 2.34. The molecule has 1 aromatic carbocycles. The number of carbonyl (C=O) groups is 2. The number of hydrogen-bond acceptors (Lipinski definition) is 5. The molecular weight excluding hydrogens is 487 g/mol. The molecule has 200 valence electrons. The van der Waals surface area contributed by atoms with Crippen molar-refractivity contribution in [2.75, 3.05) is 44.2 Å². The van der Waals surface area contributed by atoms with E-state index in [0.717, 1.165) is 42.7 Å². The summed E-state index contributed by atoms with van der Waals surface area (Å²) < 4.78 is 46.0. The van der Waals surface area contributed by atoms with Gasteiger partial charge in [-0.2, -0.15) is 18.3 Å². The molecule has 1 aliphatic carbocycles. The normalized spacial score (nSPS) is 22.4. The summed E-state index contributed by atoms with van der Waals surface area (Å²) >= 11 is 0. The number of piperazine rings is 1. The van der Waals surface area contributed by atoms with E-state index in [4.69, 9.17) is 4.74 Å². The van der Waals surface area contributed by atoms with E-state index in [0.29, 0.717) is 50.6 Å². The molecule has 8 nitrogen and oxygen atoms in total. The molecule has 0 spiro atoms. The summed E-state index contributed by atoms with van der Waals surface area (Å²) in [6, 6.07) is 5.12. The van der Waals surface area contributed by atoms with Crippen LogP contribution in [0.15, 0.2) is 24.3 Å². The summed E-state index contributed by atoms with van der Waals surface area (Å²) in [4.78, 5) is 32.0. The Morgan fingerprint density at radius 1 is 0.973 bits per heavy atom. The first kappa shape index (κ1) is 25.6. The summed E-state index contributed by atoms with van der Waals surface area (Å²) in [5.74, 6) is -0.173. The van der Waals surface area contributed by atoms with Crippen molar-refractivity contribution in [3.63, 3.8) is 0 Å². The SMILES string of the molecule is C[C@@H]1CN(C(=O)c2nn(CC(=O)N3CCN(c4ccc(C(F)(F)F)cc4)CC3)c3c2CCC3)C[C@H](C)O1. The van der Waals surface area contributed by atoms with Crippen molar-refractivity contribution in [2.45, 2.75) is 58.0 Å². The number of morpholine rings is 1. The van der Waals surface area contributed by atoms with Crippen LogP contribution in [0.1, 0.15) is 47.6 Å². The number of ether oxygens (including phenoxy) is 1. The van der Waals surface area contributed by atoms with Crippen molar-refractivity contribution >= 4 is 17.5 Å². The topological polar surface area (TPSA) is 70.9 Å². The zero-order chi connectivity index (χ0) is 26.3. The quantitative estimate of drug-likeness (QED) is 0.621. The second-order valence-electron chi connectivity index (χ2n) is 10.2. The van der Waals surface area contributed by atoms with Crippen molar-refractivity contribution in [1.29, 1.82) is 0 Å². The van der Waals surface area contributed by atoms with E-state index in [2.05, 4.69) is 5.10 Å². The second kappa shape index (κ2) is 10.00. The number of alkyl halides is 3. The molecule has 3 aliphatic rings. The van der Waals surface area contributed by atoms with Crippen LogP contribution in [0.3, 0.4) is 0 Å². The molecule has 0 N–H and O–H groups in total. The summed E-state index contributed by atoms with van der Waals surface area (Å²) in [6.45, 7) is 7.03. The largest absolute Gasteiger partial charge is 0.416 e. The lowest BCUT2D eigenvalue weighted by Crippen LogP contribution is -2.49. The molecule has 2 amide bonds. The standard InChI is InChI=1S/C26H32F3N5O3/c1-17-14-33(15-18(2)37-17)25(36)24-21-4-3-5-22(21)34(30-24)16-23(35)32-12-10-31(11-13-32)20-8-6-19(7-9-20)26(27,28)29/h6-9,17-18H,3-5,10-16H2,1-2H3/t17-,18+. The van der Waals surface area contributed by atoms with E-state index in [9.17, 15) is 22.8 Å². The lowest BCUT2D eigenvalue weighted by atomic mass is 10.1. The zero-order valence-corrected chi connectivity index (χ0v) is 21.1. The van der Waals surface area contributed by atoms with Gasteiger partial charge in [-0.1, -0.05) is 0 Å². The van der Waals surface area contributed by atoms with Gasteiger partial charge in [0.05, 0.1) is 17.8 Å². The first-order valence-corrected chi connectivity index (χ1v) is 12.8. The van der Waals surface area contributed by atoms with Gasteiger partial charge >= 0.3 is 6.18 Å². The van der Waals surface area contributed by atoms with E-state index in [1.165, 1.54) is 12.1 Å². The van der Waals surface area contributed by atoms with E-state index < -0.39 is 11.7 Å². The van der Waals surface area contributed by atoms with Crippen LogP contribution >= 0.6 is 0 Å². The van der Waals surface area contributed by atoms with Crippen LogP contribution < -0.4 is 4.90 Å². The molecule has 2 atom stereocenters. The Balaban J connectivity index is 1.22. The minimum Gasteiger partial charge on any atom is -0.372 e. The lowest BCUT2D eigenvalue weighted by Gasteiger charge is -2.36. The van der Waals surface area contributed by atoms with Gasteiger partial charge in [0.1, 0.15) is 6.54 Å².